The molecule has 2 nitrogen and oxygen atoms in total. The molecule has 1 aromatic rings. The maximum absolute atomic E-state index is 5.47. The normalized spacial score (nSPS) is 10.4. The molecule has 2 heteroatoms. The van der Waals surface area contributed by atoms with Crippen molar-refractivity contribution in [2.24, 2.45) is 5.73 Å². The van der Waals surface area contributed by atoms with Gasteiger partial charge in [0, 0.05) is 11.9 Å². The second-order valence-electron chi connectivity index (χ2n) is 2.77. The molecule has 0 amide bonds. The number of nitrogens with one attached hydrogen (secondary N) is 1. The van der Waals surface area contributed by atoms with E-state index in [1.807, 2.05) is 6.20 Å². The highest BCUT2D eigenvalue weighted by Crippen LogP contribution is 2.08. The molecule has 0 fully saturated rings. The predicted octanol–water partition coefficient (Wildman–Crippen LogP) is 1.47. The van der Waals surface area contributed by atoms with Crippen LogP contribution in [0.2, 0.25) is 0 Å². The van der Waals surface area contributed by atoms with Gasteiger partial charge in [0.15, 0.2) is 0 Å². The van der Waals surface area contributed by atoms with Gasteiger partial charge in [0.1, 0.15) is 0 Å². The molecule has 0 unspecified atom stereocenters. The van der Waals surface area contributed by atoms with Crippen molar-refractivity contribution >= 4 is 0 Å². The molecule has 1 heterocycles. The second-order valence-corrected chi connectivity index (χ2v) is 2.77. The SMILES string of the molecule is CCCc1[nH]ccc1CCN. The molecular weight excluding hydrogens is 136 g/mol. The van der Waals surface area contributed by atoms with Gasteiger partial charge in [0.05, 0.1) is 0 Å². The van der Waals surface area contributed by atoms with Crippen LogP contribution in [0.1, 0.15) is 24.6 Å². The van der Waals surface area contributed by atoms with Crippen molar-refractivity contribution < 1.29 is 0 Å². The number of aromatic amines is 1. The molecule has 0 spiro atoms. The van der Waals surface area contributed by atoms with Crippen LogP contribution in [0.5, 0.6) is 0 Å². The topological polar surface area (TPSA) is 41.8 Å². The monoisotopic (exact) mass is 152 g/mol. The standard InChI is InChI=1S/C9H16N2/c1-2-3-9-8(4-6-10)5-7-11-9/h5,7,11H,2-4,6,10H2,1H3. The highest BCUT2D eigenvalue weighted by molar-refractivity contribution is 5.20. The molecule has 0 aliphatic heterocycles. The lowest BCUT2D eigenvalue weighted by Crippen LogP contribution is -2.03. The third-order valence-electron chi connectivity index (χ3n) is 1.84. The zero-order valence-corrected chi connectivity index (χ0v) is 7.06. The second kappa shape index (κ2) is 4.19. The third-order valence-corrected chi connectivity index (χ3v) is 1.84. The first kappa shape index (κ1) is 8.34. The van der Waals surface area contributed by atoms with Gasteiger partial charge in [-0.25, -0.2) is 0 Å². The van der Waals surface area contributed by atoms with E-state index in [2.05, 4.69) is 18.0 Å². The molecule has 0 bridgehead atoms. The lowest BCUT2D eigenvalue weighted by atomic mass is 10.1. The number of hydrogen-bond donors (Lipinski definition) is 2. The summed E-state index contributed by atoms with van der Waals surface area (Å²) in [6.45, 7) is 2.93. The number of nitrogens with two attached hydrogens (primary N) is 1. The van der Waals surface area contributed by atoms with Crippen molar-refractivity contribution in [1.29, 1.82) is 0 Å². The maximum atomic E-state index is 5.47. The average Bonchev–Trinajstić information content (AvgIpc) is 2.39. The van der Waals surface area contributed by atoms with Crippen LogP contribution in [0.25, 0.3) is 0 Å². The van der Waals surface area contributed by atoms with E-state index < -0.39 is 0 Å². The molecular formula is C9H16N2. The molecule has 1 aromatic heterocycles. The molecule has 0 aliphatic carbocycles. The van der Waals surface area contributed by atoms with Crippen LogP contribution in [0, 0.1) is 0 Å². The van der Waals surface area contributed by atoms with Gasteiger partial charge in [-0.15, -0.1) is 0 Å². The molecule has 0 saturated carbocycles. The van der Waals surface area contributed by atoms with E-state index in [0.29, 0.717) is 0 Å². The summed E-state index contributed by atoms with van der Waals surface area (Å²) in [6, 6.07) is 2.12. The smallest absolute Gasteiger partial charge is 0.0180 e. The summed E-state index contributed by atoms with van der Waals surface area (Å²) in [5, 5.41) is 0. The van der Waals surface area contributed by atoms with E-state index in [-0.39, 0.29) is 0 Å². The highest BCUT2D eigenvalue weighted by Gasteiger charge is 2.00. The molecule has 0 radical (unpaired) electrons. The Morgan fingerprint density at radius 3 is 2.91 bits per heavy atom. The van der Waals surface area contributed by atoms with E-state index in [0.717, 1.165) is 19.4 Å². The zero-order valence-electron chi connectivity index (χ0n) is 7.06. The molecule has 62 valence electrons. The van der Waals surface area contributed by atoms with Crippen LogP contribution < -0.4 is 5.73 Å². The minimum atomic E-state index is 0.745. The van der Waals surface area contributed by atoms with Crippen molar-refractivity contribution in [2.45, 2.75) is 26.2 Å². The van der Waals surface area contributed by atoms with E-state index in [1.54, 1.807) is 0 Å². The van der Waals surface area contributed by atoms with Gasteiger partial charge in [0.2, 0.25) is 0 Å². The highest BCUT2D eigenvalue weighted by atomic mass is 14.7. The molecule has 0 aromatic carbocycles. The molecule has 0 atom stereocenters. The summed E-state index contributed by atoms with van der Waals surface area (Å²) in [4.78, 5) is 3.24. The summed E-state index contributed by atoms with van der Waals surface area (Å²) < 4.78 is 0. The summed E-state index contributed by atoms with van der Waals surface area (Å²) >= 11 is 0. The third kappa shape index (κ3) is 2.09. The van der Waals surface area contributed by atoms with Crippen molar-refractivity contribution in [3.63, 3.8) is 0 Å². The summed E-state index contributed by atoms with van der Waals surface area (Å²) in [5.41, 5.74) is 8.21. The van der Waals surface area contributed by atoms with Crippen LogP contribution in [-0.4, -0.2) is 11.5 Å². The van der Waals surface area contributed by atoms with Gasteiger partial charge in [-0.05, 0) is 31.0 Å². The minimum Gasteiger partial charge on any atom is -0.365 e. The first-order valence-corrected chi connectivity index (χ1v) is 4.23. The Balaban J connectivity index is 2.62. The quantitative estimate of drug-likeness (QED) is 0.674. The Bertz CT molecular complexity index is 183. The Morgan fingerprint density at radius 2 is 2.27 bits per heavy atom. The average molecular weight is 152 g/mol. The maximum Gasteiger partial charge on any atom is 0.0180 e. The molecule has 0 aliphatic rings. The van der Waals surface area contributed by atoms with Gasteiger partial charge in [-0.2, -0.15) is 0 Å². The first-order chi connectivity index (χ1) is 5.38. The lowest BCUT2D eigenvalue weighted by molar-refractivity contribution is 0.859. The van der Waals surface area contributed by atoms with Crippen LogP contribution >= 0.6 is 0 Å². The largest absolute Gasteiger partial charge is 0.365 e. The number of hydrogen-bond acceptors (Lipinski definition) is 1. The Hall–Kier alpha value is -0.760. The molecule has 0 saturated heterocycles. The number of H-pyrrole nitrogens is 1. The summed E-state index contributed by atoms with van der Waals surface area (Å²) in [6.07, 6.45) is 5.33. The van der Waals surface area contributed by atoms with E-state index in [1.165, 1.54) is 17.7 Å². The molecule has 11 heavy (non-hydrogen) atoms. The number of aryl methyl sites for hydroxylation is 1. The fourth-order valence-corrected chi connectivity index (χ4v) is 1.31. The number of rotatable bonds is 4. The van der Waals surface area contributed by atoms with E-state index >= 15 is 0 Å². The van der Waals surface area contributed by atoms with Crippen molar-refractivity contribution in [1.82, 2.24) is 4.98 Å². The van der Waals surface area contributed by atoms with Gasteiger partial charge >= 0.3 is 0 Å². The van der Waals surface area contributed by atoms with Crippen LogP contribution in [0.3, 0.4) is 0 Å². The Kier molecular flexibility index (Phi) is 3.17. The summed E-state index contributed by atoms with van der Waals surface area (Å²) in [7, 11) is 0. The van der Waals surface area contributed by atoms with Crippen LogP contribution in [0.4, 0.5) is 0 Å². The Morgan fingerprint density at radius 1 is 1.45 bits per heavy atom. The number of aromatic nitrogens is 1. The van der Waals surface area contributed by atoms with Gasteiger partial charge < -0.3 is 10.7 Å². The van der Waals surface area contributed by atoms with Crippen LogP contribution in [0.15, 0.2) is 12.3 Å². The fourth-order valence-electron chi connectivity index (χ4n) is 1.31. The predicted molar refractivity (Wildman–Crippen MR) is 47.5 cm³/mol. The fraction of sp³-hybridized carbons (Fsp3) is 0.556. The zero-order chi connectivity index (χ0) is 8.10. The Labute approximate surface area is 67.8 Å². The van der Waals surface area contributed by atoms with E-state index in [9.17, 15) is 0 Å². The van der Waals surface area contributed by atoms with Gasteiger partial charge in [0.25, 0.3) is 0 Å². The summed E-state index contributed by atoms with van der Waals surface area (Å²) in [5.74, 6) is 0. The van der Waals surface area contributed by atoms with Gasteiger partial charge in [-0.1, -0.05) is 13.3 Å². The van der Waals surface area contributed by atoms with Crippen molar-refractivity contribution in [3.8, 4) is 0 Å². The lowest BCUT2D eigenvalue weighted by Gasteiger charge is -1.99. The molecule has 3 N–H and O–H groups in total. The minimum absolute atomic E-state index is 0.745. The van der Waals surface area contributed by atoms with E-state index in [4.69, 9.17) is 5.73 Å². The first-order valence-electron chi connectivity index (χ1n) is 4.23. The van der Waals surface area contributed by atoms with Crippen LogP contribution in [-0.2, 0) is 12.8 Å². The van der Waals surface area contributed by atoms with Gasteiger partial charge in [-0.3, -0.25) is 0 Å². The molecule has 1 rings (SSSR count). The van der Waals surface area contributed by atoms with Crippen molar-refractivity contribution in [3.05, 3.63) is 23.5 Å². The van der Waals surface area contributed by atoms with Crippen molar-refractivity contribution in [2.75, 3.05) is 6.54 Å².